The van der Waals surface area contributed by atoms with Gasteiger partial charge in [-0.3, -0.25) is 9.69 Å². The highest BCUT2D eigenvalue weighted by molar-refractivity contribution is 5.99. The van der Waals surface area contributed by atoms with Crippen LogP contribution in [-0.4, -0.2) is 43.7 Å². The van der Waals surface area contributed by atoms with Crippen LogP contribution in [0.25, 0.3) is 11.1 Å². The summed E-state index contributed by atoms with van der Waals surface area (Å²) < 4.78 is 24.6. The number of ether oxygens (including phenoxy) is 4. The third kappa shape index (κ3) is 5.46. The Hall–Kier alpha value is -3.77. The van der Waals surface area contributed by atoms with Crippen molar-refractivity contribution in [3.63, 3.8) is 0 Å². The number of rotatable bonds is 6. The van der Waals surface area contributed by atoms with Crippen LogP contribution in [0.15, 0.2) is 66.7 Å². The third-order valence-corrected chi connectivity index (χ3v) is 7.79. The monoisotopic (exact) mass is 539 g/mol. The summed E-state index contributed by atoms with van der Waals surface area (Å²) in [5.74, 6) is 2.58. The summed E-state index contributed by atoms with van der Waals surface area (Å²) in [7, 11) is 0. The summed E-state index contributed by atoms with van der Waals surface area (Å²) in [4.78, 5) is 15.0. The van der Waals surface area contributed by atoms with Gasteiger partial charge >= 0.3 is 5.97 Å². The van der Waals surface area contributed by atoms with E-state index in [2.05, 4.69) is 23.1 Å². The van der Waals surface area contributed by atoms with Gasteiger partial charge in [-0.05, 0) is 82.6 Å². The second kappa shape index (κ2) is 11.0. The molecule has 3 aliphatic rings. The molecule has 0 bridgehead atoms. The van der Waals surface area contributed by atoms with Gasteiger partial charge in [0, 0.05) is 34.9 Å². The fourth-order valence-electron chi connectivity index (χ4n) is 5.53. The van der Waals surface area contributed by atoms with Crippen LogP contribution in [-0.2, 0) is 4.79 Å². The van der Waals surface area contributed by atoms with E-state index < -0.39 is 5.41 Å². The number of carbonyl (C=O) groups excluding carboxylic acids is 1. The fraction of sp³-hybridized carbons (Fsp3) is 0.382. The molecular formula is C34H37NO5. The van der Waals surface area contributed by atoms with Gasteiger partial charge in [-0.1, -0.05) is 36.8 Å². The molecule has 0 aromatic heterocycles. The van der Waals surface area contributed by atoms with Crippen molar-refractivity contribution < 1.29 is 23.7 Å². The Labute approximate surface area is 236 Å². The van der Waals surface area contributed by atoms with Crippen LogP contribution in [0.3, 0.4) is 0 Å². The largest absolute Gasteiger partial charge is 0.492 e. The molecule has 1 fully saturated rings. The maximum Gasteiger partial charge on any atom is 0.316 e. The molecule has 3 aliphatic heterocycles. The second-order valence-electron chi connectivity index (χ2n) is 11.8. The number of para-hydroxylation sites is 1. The number of likely N-dealkylation sites (tertiary alicyclic amines) is 1. The van der Waals surface area contributed by atoms with E-state index in [0.29, 0.717) is 24.7 Å². The van der Waals surface area contributed by atoms with Crippen molar-refractivity contribution in [1.29, 1.82) is 0 Å². The Bertz CT molecular complexity index is 1410. The Morgan fingerprint density at radius 1 is 0.900 bits per heavy atom. The molecule has 6 heteroatoms. The number of hydrogen-bond donors (Lipinski definition) is 0. The van der Waals surface area contributed by atoms with Gasteiger partial charge in [0.25, 0.3) is 0 Å². The van der Waals surface area contributed by atoms with E-state index in [1.807, 2.05) is 63.2 Å². The zero-order valence-corrected chi connectivity index (χ0v) is 23.6. The Morgan fingerprint density at radius 2 is 1.65 bits per heavy atom. The van der Waals surface area contributed by atoms with Crippen LogP contribution < -0.4 is 18.9 Å². The van der Waals surface area contributed by atoms with E-state index in [9.17, 15) is 4.79 Å². The molecule has 0 saturated carbocycles. The molecule has 1 saturated heterocycles. The van der Waals surface area contributed by atoms with Crippen molar-refractivity contribution in [2.75, 3.05) is 32.8 Å². The van der Waals surface area contributed by atoms with Crippen molar-refractivity contribution in [1.82, 2.24) is 4.90 Å². The molecule has 6 nitrogen and oxygen atoms in total. The third-order valence-electron chi connectivity index (χ3n) is 7.79. The number of hydrogen-bond acceptors (Lipinski definition) is 6. The van der Waals surface area contributed by atoms with E-state index in [4.69, 9.17) is 18.9 Å². The predicted molar refractivity (Wildman–Crippen MR) is 156 cm³/mol. The van der Waals surface area contributed by atoms with E-state index in [-0.39, 0.29) is 12.1 Å². The normalized spacial score (nSPS) is 18.5. The molecule has 40 heavy (non-hydrogen) atoms. The maximum absolute atomic E-state index is 12.5. The molecule has 6 rings (SSSR count). The van der Waals surface area contributed by atoms with Gasteiger partial charge in [-0.2, -0.15) is 0 Å². The van der Waals surface area contributed by atoms with Crippen LogP contribution >= 0.6 is 0 Å². The molecule has 3 heterocycles. The van der Waals surface area contributed by atoms with Crippen LogP contribution in [0, 0.1) is 5.41 Å². The van der Waals surface area contributed by atoms with Crippen LogP contribution in [0.5, 0.6) is 23.0 Å². The molecular weight excluding hydrogens is 502 g/mol. The first-order valence-corrected chi connectivity index (χ1v) is 14.3. The van der Waals surface area contributed by atoms with E-state index >= 15 is 0 Å². The summed E-state index contributed by atoms with van der Waals surface area (Å²) in [5.41, 5.74) is 4.62. The highest BCUT2D eigenvalue weighted by Crippen LogP contribution is 2.51. The average molecular weight is 540 g/mol. The van der Waals surface area contributed by atoms with Crippen molar-refractivity contribution in [3.05, 3.63) is 83.4 Å². The Morgan fingerprint density at radius 3 is 2.42 bits per heavy atom. The number of carbonyl (C=O) groups is 1. The van der Waals surface area contributed by atoms with Crippen molar-refractivity contribution in [2.24, 2.45) is 5.41 Å². The first kappa shape index (κ1) is 26.5. The highest BCUT2D eigenvalue weighted by Gasteiger charge is 2.35. The molecule has 0 unspecified atom stereocenters. The number of nitrogens with zero attached hydrogens (tertiary/aromatic N) is 1. The van der Waals surface area contributed by atoms with Gasteiger partial charge in [-0.15, -0.1) is 0 Å². The number of esters is 1. The lowest BCUT2D eigenvalue weighted by Crippen LogP contribution is -2.33. The lowest BCUT2D eigenvalue weighted by molar-refractivity contribution is -0.143. The first-order valence-electron chi connectivity index (χ1n) is 14.3. The Balaban J connectivity index is 1.26. The zero-order valence-electron chi connectivity index (χ0n) is 23.6. The zero-order chi connectivity index (χ0) is 27.7. The van der Waals surface area contributed by atoms with Crippen molar-refractivity contribution in [3.8, 4) is 23.0 Å². The summed E-state index contributed by atoms with van der Waals surface area (Å²) in [6.07, 6.45) is 3.61. The van der Waals surface area contributed by atoms with Gasteiger partial charge in [-0.25, -0.2) is 0 Å². The van der Waals surface area contributed by atoms with Gasteiger partial charge in [0.2, 0.25) is 0 Å². The van der Waals surface area contributed by atoms with E-state index in [1.54, 1.807) is 6.07 Å². The Kier molecular flexibility index (Phi) is 7.28. The van der Waals surface area contributed by atoms with Crippen molar-refractivity contribution in [2.45, 2.75) is 46.1 Å². The molecule has 0 aliphatic carbocycles. The highest BCUT2D eigenvalue weighted by atomic mass is 16.5. The quantitative estimate of drug-likeness (QED) is 0.250. The van der Waals surface area contributed by atoms with Gasteiger partial charge in [0.15, 0.2) is 6.10 Å². The molecule has 3 aromatic rings. The lowest BCUT2D eigenvalue weighted by Gasteiger charge is -2.35. The summed E-state index contributed by atoms with van der Waals surface area (Å²) >= 11 is 0. The molecule has 1 atom stereocenters. The second-order valence-corrected chi connectivity index (χ2v) is 11.8. The number of benzene rings is 3. The van der Waals surface area contributed by atoms with Gasteiger partial charge in [0.05, 0.1) is 5.41 Å². The minimum atomic E-state index is -0.595. The van der Waals surface area contributed by atoms with Crippen LogP contribution in [0.1, 0.15) is 62.8 Å². The lowest BCUT2D eigenvalue weighted by atomic mass is 9.84. The molecule has 0 amide bonds. The predicted octanol–water partition coefficient (Wildman–Crippen LogP) is 6.94. The fourth-order valence-corrected chi connectivity index (χ4v) is 5.53. The van der Waals surface area contributed by atoms with Gasteiger partial charge < -0.3 is 18.9 Å². The summed E-state index contributed by atoms with van der Waals surface area (Å²) in [5, 5.41) is 0. The maximum atomic E-state index is 12.5. The molecule has 208 valence electrons. The SMILES string of the molecule is CC(C)(C)C(=O)Oc1ccc2c(c1)OCC1=C2[C@H](c2ccc(OCCN3CCCCC3)cc2)Oc2ccccc21. The number of fused-ring (bicyclic) bond motifs is 4. The summed E-state index contributed by atoms with van der Waals surface area (Å²) in [6.45, 7) is 9.93. The minimum absolute atomic E-state index is 0.283. The van der Waals surface area contributed by atoms with Crippen LogP contribution in [0.2, 0.25) is 0 Å². The van der Waals surface area contributed by atoms with Crippen molar-refractivity contribution >= 4 is 17.1 Å². The number of piperidine rings is 1. The first-order chi connectivity index (χ1) is 19.4. The smallest absolute Gasteiger partial charge is 0.316 e. The van der Waals surface area contributed by atoms with E-state index in [0.717, 1.165) is 45.9 Å². The van der Waals surface area contributed by atoms with Crippen LogP contribution in [0.4, 0.5) is 0 Å². The standard InChI is InChI=1S/C34H37NO5/c1-34(2,3)33(36)39-25-15-16-27-30(21-25)38-22-28-26-9-5-6-10-29(26)40-32(31(27)28)23-11-13-24(14-12-23)37-20-19-35-17-7-4-8-18-35/h5-6,9-16,21,32H,4,7-8,17-20,22H2,1-3H3/t32-/m0/s1. The molecule has 0 N–H and O–H groups in total. The van der Waals surface area contributed by atoms with Gasteiger partial charge in [0.1, 0.15) is 36.2 Å². The van der Waals surface area contributed by atoms with E-state index in [1.165, 1.54) is 32.4 Å². The summed E-state index contributed by atoms with van der Waals surface area (Å²) in [6, 6.07) is 22.0. The molecule has 0 spiro atoms. The average Bonchev–Trinajstić information content (AvgIpc) is 2.97. The molecule has 0 radical (unpaired) electrons. The minimum Gasteiger partial charge on any atom is -0.492 e. The topological polar surface area (TPSA) is 57.2 Å². The molecule has 3 aromatic carbocycles.